The van der Waals surface area contributed by atoms with Crippen molar-refractivity contribution in [3.8, 4) is 0 Å². The summed E-state index contributed by atoms with van der Waals surface area (Å²) in [5.41, 5.74) is 6.38. The molecule has 2 N–H and O–H groups in total. The number of hydrogen-bond acceptors (Lipinski definition) is 2. The first kappa shape index (κ1) is 8.85. The molecular weight excluding hydrogens is 202 g/mol. The van der Waals surface area contributed by atoms with E-state index in [0.717, 1.165) is 6.42 Å². The molecule has 1 aromatic heterocycles. The Balaban J connectivity index is 2.70. The molecule has 2 rings (SSSR count). The smallest absolute Gasteiger partial charge is 0.0642 e. The van der Waals surface area contributed by atoms with Crippen LogP contribution in [-0.4, -0.2) is 0 Å². The molecule has 1 heterocycles. The Morgan fingerprint density at radius 3 is 2.85 bits per heavy atom. The number of thiophene rings is 1. The maximum atomic E-state index is 5.92. The second-order valence-electron chi connectivity index (χ2n) is 2.98. The number of fused-ring (bicyclic) bond motifs is 1. The highest BCUT2D eigenvalue weighted by molar-refractivity contribution is 7.19. The van der Waals surface area contributed by atoms with Crippen molar-refractivity contribution in [2.75, 3.05) is 5.73 Å². The molecule has 0 bridgehead atoms. The molecule has 13 heavy (non-hydrogen) atoms. The van der Waals surface area contributed by atoms with E-state index >= 15 is 0 Å². The molecule has 0 saturated carbocycles. The van der Waals surface area contributed by atoms with Gasteiger partial charge in [0.2, 0.25) is 0 Å². The summed E-state index contributed by atoms with van der Waals surface area (Å²) in [6, 6.07) is 6.05. The highest BCUT2D eigenvalue weighted by Crippen LogP contribution is 2.31. The van der Waals surface area contributed by atoms with Gasteiger partial charge < -0.3 is 5.73 Å². The molecule has 0 aliphatic carbocycles. The molecule has 0 aliphatic heterocycles. The number of hydrogen-bond donors (Lipinski definition) is 1. The molecule has 0 saturated heterocycles. The van der Waals surface area contributed by atoms with Gasteiger partial charge in [-0.25, -0.2) is 0 Å². The van der Waals surface area contributed by atoms with Gasteiger partial charge >= 0.3 is 0 Å². The number of aryl methyl sites for hydroxylation is 1. The summed E-state index contributed by atoms with van der Waals surface area (Å²) in [4.78, 5) is 1.37. The predicted octanol–water partition coefficient (Wildman–Crippen LogP) is 3.70. The molecule has 2 aromatic rings. The lowest BCUT2D eigenvalue weighted by Crippen LogP contribution is -1.83. The lowest BCUT2D eigenvalue weighted by molar-refractivity contribution is 1.19. The fourth-order valence-electron chi connectivity index (χ4n) is 1.30. The van der Waals surface area contributed by atoms with Crippen LogP contribution < -0.4 is 5.73 Å². The van der Waals surface area contributed by atoms with Crippen molar-refractivity contribution in [1.82, 2.24) is 0 Å². The molecule has 0 amide bonds. The first-order valence-electron chi connectivity index (χ1n) is 4.18. The molecule has 0 spiro atoms. The third-order valence-corrected chi connectivity index (χ3v) is 3.60. The standard InChI is InChI=1S/C10H10ClNS/c1-2-7-3-6-4-8(11)9(12)5-10(6)13-7/h3-5H,2,12H2,1H3. The summed E-state index contributed by atoms with van der Waals surface area (Å²) in [6.07, 6.45) is 1.07. The quantitative estimate of drug-likeness (QED) is 0.716. The Morgan fingerprint density at radius 2 is 2.15 bits per heavy atom. The van der Waals surface area contributed by atoms with E-state index in [-0.39, 0.29) is 0 Å². The summed E-state index contributed by atoms with van der Waals surface area (Å²) in [5.74, 6) is 0. The lowest BCUT2D eigenvalue weighted by atomic mass is 10.2. The zero-order valence-corrected chi connectivity index (χ0v) is 8.88. The Morgan fingerprint density at radius 1 is 1.38 bits per heavy atom. The number of nitrogen functional groups attached to an aromatic ring is 1. The van der Waals surface area contributed by atoms with Crippen molar-refractivity contribution in [1.29, 1.82) is 0 Å². The molecule has 0 aliphatic rings. The molecule has 0 atom stereocenters. The predicted molar refractivity (Wildman–Crippen MR) is 60.6 cm³/mol. The summed E-state index contributed by atoms with van der Waals surface area (Å²) in [7, 11) is 0. The maximum Gasteiger partial charge on any atom is 0.0642 e. The topological polar surface area (TPSA) is 26.0 Å². The van der Waals surface area contributed by atoms with Gasteiger partial charge in [-0.2, -0.15) is 0 Å². The van der Waals surface area contributed by atoms with Crippen molar-refractivity contribution < 1.29 is 0 Å². The fraction of sp³-hybridized carbons (Fsp3) is 0.200. The minimum absolute atomic E-state index is 0.646. The third kappa shape index (κ3) is 1.52. The number of halogens is 1. The number of nitrogens with two attached hydrogens (primary N) is 1. The van der Waals surface area contributed by atoms with Crippen LogP contribution in [0.1, 0.15) is 11.8 Å². The molecule has 1 nitrogen and oxygen atoms in total. The molecule has 0 radical (unpaired) electrons. The van der Waals surface area contributed by atoms with Gasteiger partial charge in [0.15, 0.2) is 0 Å². The van der Waals surface area contributed by atoms with Crippen LogP contribution >= 0.6 is 22.9 Å². The van der Waals surface area contributed by atoms with E-state index in [4.69, 9.17) is 17.3 Å². The highest BCUT2D eigenvalue weighted by atomic mass is 35.5. The van der Waals surface area contributed by atoms with Crippen LogP contribution in [0.5, 0.6) is 0 Å². The Hall–Kier alpha value is -0.730. The Kier molecular flexibility index (Phi) is 2.18. The van der Waals surface area contributed by atoms with Gasteiger partial charge in [-0.05, 0) is 30.0 Å². The van der Waals surface area contributed by atoms with E-state index in [9.17, 15) is 0 Å². The SMILES string of the molecule is CCc1cc2cc(Cl)c(N)cc2s1. The Bertz CT molecular complexity index is 408. The zero-order chi connectivity index (χ0) is 9.42. The molecule has 0 fully saturated rings. The average Bonchev–Trinajstić information content (AvgIpc) is 2.48. The summed E-state index contributed by atoms with van der Waals surface area (Å²) >= 11 is 7.70. The summed E-state index contributed by atoms with van der Waals surface area (Å²) in [6.45, 7) is 2.15. The molecule has 68 valence electrons. The Labute approximate surface area is 86.1 Å². The van der Waals surface area contributed by atoms with E-state index in [1.807, 2.05) is 12.1 Å². The second-order valence-corrected chi connectivity index (χ2v) is 4.55. The fourth-order valence-corrected chi connectivity index (χ4v) is 2.51. The molecular formula is C10H10ClNS. The van der Waals surface area contributed by atoms with Gasteiger partial charge in [0.25, 0.3) is 0 Å². The maximum absolute atomic E-state index is 5.92. The van der Waals surface area contributed by atoms with Crippen molar-refractivity contribution in [2.24, 2.45) is 0 Å². The van der Waals surface area contributed by atoms with Gasteiger partial charge in [0.1, 0.15) is 0 Å². The van der Waals surface area contributed by atoms with Crippen LogP contribution in [0.4, 0.5) is 5.69 Å². The van der Waals surface area contributed by atoms with Crippen molar-refractivity contribution in [2.45, 2.75) is 13.3 Å². The van der Waals surface area contributed by atoms with Crippen LogP contribution in [0.2, 0.25) is 5.02 Å². The largest absolute Gasteiger partial charge is 0.397 e. The number of benzene rings is 1. The third-order valence-electron chi connectivity index (χ3n) is 2.04. The molecule has 1 aromatic carbocycles. The van der Waals surface area contributed by atoms with Crippen molar-refractivity contribution >= 4 is 38.7 Å². The highest BCUT2D eigenvalue weighted by Gasteiger charge is 2.03. The van der Waals surface area contributed by atoms with Crippen LogP contribution in [-0.2, 0) is 6.42 Å². The molecule has 0 unspecified atom stereocenters. The van der Waals surface area contributed by atoms with Gasteiger partial charge in [-0.1, -0.05) is 18.5 Å². The van der Waals surface area contributed by atoms with Gasteiger partial charge in [0.05, 0.1) is 10.7 Å². The number of anilines is 1. The lowest BCUT2D eigenvalue weighted by Gasteiger charge is -1.96. The van der Waals surface area contributed by atoms with E-state index in [0.29, 0.717) is 10.7 Å². The summed E-state index contributed by atoms with van der Waals surface area (Å²) in [5, 5.41) is 1.84. The van der Waals surface area contributed by atoms with Crippen molar-refractivity contribution in [3.05, 3.63) is 28.1 Å². The van der Waals surface area contributed by atoms with Gasteiger partial charge in [-0.15, -0.1) is 11.3 Å². The zero-order valence-electron chi connectivity index (χ0n) is 7.30. The van der Waals surface area contributed by atoms with E-state index in [2.05, 4.69) is 13.0 Å². The van der Waals surface area contributed by atoms with Crippen molar-refractivity contribution in [3.63, 3.8) is 0 Å². The summed E-state index contributed by atoms with van der Waals surface area (Å²) < 4.78 is 1.22. The normalized spacial score (nSPS) is 10.9. The van der Waals surface area contributed by atoms with Gasteiger partial charge in [0, 0.05) is 9.58 Å². The van der Waals surface area contributed by atoms with Gasteiger partial charge in [-0.3, -0.25) is 0 Å². The van der Waals surface area contributed by atoms with Crippen LogP contribution in [0.25, 0.3) is 10.1 Å². The van der Waals surface area contributed by atoms with Crippen LogP contribution in [0.15, 0.2) is 18.2 Å². The first-order valence-corrected chi connectivity index (χ1v) is 5.37. The minimum atomic E-state index is 0.646. The van der Waals surface area contributed by atoms with E-state index in [1.165, 1.54) is 15.0 Å². The first-order chi connectivity index (χ1) is 6.20. The monoisotopic (exact) mass is 211 g/mol. The molecule has 3 heteroatoms. The van der Waals surface area contributed by atoms with Crippen LogP contribution in [0.3, 0.4) is 0 Å². The van der Waals surface area contributed by atoms with E-state index in [1.54, 1.807) is 11.3 Å². The van der Waals surface area contributed by atoms with E-state index < -0.39 is 0 Å². The average molecular weight is 212 g/mol. The van der Waals surface area contributed by atoms with Crippen LogP contribution in [0, 0.1) is 0 Å². The second kappa shape index (κ2) is 3.20. The number of rotatable bonds is 1. The minimum Gasteiger partial charge on any atom is -0.397 e.